The predicted molar refractivity (Wildman–Crippen MR) is 75.5 cm³/mol. The van der Waals surface area contributed by atoms with Gasteiger partial charge in [0.2, 0.25) is 0 Å². The molecule has 0 saturated heterocycles. The summed E-state index contributed by atoms with van der Waals surface area (Å²) >= 11 is 0. The first-order valence-electron chi connectivity index (χ1n) is 6.51. The molecule has 0 atom stereocenters. The SMILES string of the molecule is COC(=O)CCCN(C)CCc1ccc([N+](=O)[O-])cc1. The molecule has 0 bridgehead atoms. The molecule has 1 aromatic carbocycles. The monoisotopic (exact) mass is 280 g/mol. The molecule has 0 fully saturated rings. The second-order valence-corrected chi connectivity index (χ2v) is 4.66. The van der Waals surface area contributed by atoms with Gasteiger partial charge in [-0.15, -0.1) is 0 Å². The van der Waals surface area contributed by atoms with E-state index in [-0.39, 0.29) is 11.7 Å². The van der Waals surface area contributed by atoms with Gasteiger partial charge in [-0.2, -0.15) is 0 Å². The van der Waals surface area contributed by atoms with Crippen molar-refractivity contribution >= 4 is 11.7 Å². The van der Waals surface area contributed by atoms with Crippen LogP contribution in [0.5, 0.6) is 0 Å². The van der Waals surface area contributed by atoms with Crippen molar-refractivity contribution in [3.05, 3.63) is 39.9 Å². The third-order valence-corrected chi connectivity index (χ3v) is 3.08. The van der Waals surface area contributed by atoms with Gasteiger partial charge in [0, 0.05) is 25.1 Å². The Labute approximate surface area is 118 Å². The van der Waals surface area contributed by atoms with E-state index in [1.54, 1.807) is 12.1 Å². The number of carbonyl (C=O) groups is 1. The van der Waals surface area contributed by atoms with Crippen molar-refractivity contribution in [1.82, 2.24) is 4.90 Å². The smallest absolute Gasteiger partial charge is 0.305 e. The van der Waals surface area contributed by atoms with Crippen LogP contribution in [0.4, 0.5) is 5.69 Å². The van der Waals surface area contributed by atoms with Gasteiger partial charge in [-0.05, 0) is 32.0 Å². The third kappa shape index (κ3) is 5.79. The summed E-state index contributed by atoms with van der Waals surface area (Å²) in [7, 11) is 3.38. The lowest BCUT2D eigenvalue weighted by Gasteiger charge is -2.15. The Kier molecular flexibility index (Phi) is 6.66. The number of esters is 1. The maximum atomic E-state index is 11.0. The fraction of sp³-hybridized carbons (Fsp3) is 0.500. The van der Waals surface area contributed by atoms with Gasteiger partial charge >= 0.3 is 5.97 Å². The van der Waals surface area contributed by atoms with Crippen LogP contribution in [0.15, 0.2) is 24.3 Å². The predicted octanol–water partition coefficient (Wildman–Crippen LogP) is 2.02. The standard InChI is InChI=1S/C14H20N2O4/c1-15(10-3-4-14(17)20-2)11-9-12-5-7-13(8-6-12)16(18)19/h5-8H,3-4,9-11H2,1-2H3. The number of carbonyl (C=O) groups excluding carboxylic acids is 1. The van der Waals surface area contributed by atoms with Gasteiger partial charge in [-0.3, -0.25) is 14.9 Å². The fourth-order valence-electron chi connectivity index (χ4n) is 1.81. The highest BCUT2D eigenvalue weighted by atomic mass is 16.6. The number of nitro benzene ring substituents is 1. The number of ether oxygens (including phenoxy) is 1. The number of hydrogen-bond acceptors (Lipinski definition) is 5. The molecule has 1 rings (SSSR count). The van der Waals surface area contributed by atoms with Gasteiger partial charge in [0.1, 0.15) is 0 Å². The van der Waals surface area contributed by atoms with Gasteiger partial charge < -0.3 is 9.64 Å². The molecule has 0 aliphatic heterocycles. The first-order valence-corrected chi connectivity index (χ1v) is 6.51. The Bertz CT molecular complexity index is 445. The van der Waals surface area contributed by atoms with Crippen LogP contribution in [-0.4, -0.2) is 43.0 Å². The lowest BCUT2D eigenvalue weighted by Crippen LogP contribution is -2.23. The Balaban J connectivity index is 2.28. The van der Waals surface area contributed by atoms with E-state index >= 15 is 0 Å². The van der Waals surface area contributed by atoms with Crippen LogP contribution in [-0.2, 0) is 16.0 Å². The van der Waals surface area contributed by atoms with E-state index in [2.05, 4.69) is 9.64 Å². The van der Waals surface area contributed by atoms with E-state index in [1.807, 2.05) is 7.05 Å². The minimum atomic E-state index is -0.400. The second-order valence-electron chi connectivity index (χ2n) is 4.66. The molecule has 0 N–H and O–H groups in total. The van der Waals surface area contributed by atoms with E-state index in [9.17, 15) is 14.9 Å². The van der Waals surface area contributed by atoms with Gasteiger partial charge in [-0.1, -0.05) is 12.1 Å². The summed E-state index contributed by atoms with van der Waals surface area (Å²) in [5, 5.41) is 10.5. The van der Waals surface area contributed by atoms with E-state index in [0.29, 0.717) is 6.42 Å². The largest absolute Gasteiger partial charge is 0.469 e. The third-order valence-electron chi connectivity index (χ3n) is 3.08. The molecule has 0 amide bonds. The van der Waals surface area contributed by atoms with Crippen molar-refractivity contribution in [1.29, 1.82) is 0 Å². The highest BCUT2D eigenvalue weighted by Gasteiger charge is 2.06. The number of methoxy groups -OCH3 is 1. The van der Waals surface area contributed by atoms with Gasteiger partial charge in [0.05, 0.1) is 12.0 Å². The summed E-state index contributed by atoms with van der Waals surface area (Å²) in [6, 6.07) is 6.60. The summed E-state index contributed by atoms with van der Waals surface area (Å²) in [5.74, 6) is -0.186. The molecule has 6 nitrogen and oxygen atoms in total. The van der Waals surface area contributed by atoms with Crippen molar-refractivity contribution in [2.45, 2.75) is 19.3 Å². The van der Waals surface area contributed by atoms with Gasteiger partial charge in [-0.25, -0.2) is 0 Å². The molecule has 110 valence electrons. The van der Waals surface area contributed by atoms with Gasteiger partial charge in [0.15, 0.2) is 0 Å². The Morgan fingerprint density at radius 1 is 1.30 bits per heavy atom. The van der Waals surface area contributed by atoms with Crippen LogP contribution in [0, 0.1) is 10.1 Å². The number of hydrogen-bond donors (Lipinski definition) is 0. The van der Waals surface area contributed by atoms with Crippen molar-refractivity contribution in [2.24, 2.45) is 0 Å². The van der Waals surface area contributed by atoms with E-state index in [0.717, 1.165) is 31.5 Å². The molecule has 0 spiro atoms. The maximum Gasteiger partial charge on any atom is 0.305 e. The zero-order chi connectivity index (χ0) is 15.0. The molecule has 1 aromatic rings. The molecule has 20 heavy (non-hydrogen) atoms. The molecule has 0 heterocycles. The fourth-order valence-corrected chi connectivity index (χ4v) is 1.81. The number of nitro groups is 1. The molecule has 6 heteroatoms. The number of nitrogens with zero attached hydrogens (tertiary/aromatic N) is 2. The Morgan fingerprint density at radius 3 is 2.50 bits per heavy atom. The highest BCUT2D eigenvalue weighted by molar-refractivity contribution is 5.69. The molecule has 0 saturated carbocycles. The van der Waals surface area contributed by atoms with Crippen molar-refractivity contribution in [3.8, 4) is 0 Å². The van der Waals surface area contributed by atoms with Crippen LogP contribution < -0.4 is 0 Å². The van der Waals surface area contributed by atoms with E-state index in [1.165, 1.54) is 19.2 Å². The average Bonchev–Trinajstić information content (AvgIpc) is 2.45. The number of non-ortho nitro benzene ring substituents is 1. The van der Waals surface area contributed by atoms with E-state index in [4.69, 9.17) is 0 Å². The Hall–Kier alpha value is -1.95. The minimum Gasteiger partial charge on any atom is -0.469 e. The number of benzene rings is 1. The summed E-state index contributed by atoms with van der Waals surface area (Å²) in [5.41, 5.74) is 1.18. The zero-order valence-electron chi connectivity index (χ0n) is 11.9. The number of rotatable bonds is 8. The molecular formula is C14H20N2O4. The average molecular weight is 280 g/mol. The molecule has 0 aromatic heterocycles. The van der Waals surface area contributed by atoms with Crippen LogP contribution in [0.1, 0.15) is 18.4 Å². The number of likely N-dealkylation sites (N-methyl/N-ethyl adjacent to an activating group) is 1. The first kappa shape index (κ1) is 16.1. The topological polar surface area (TPSA) is 72.7 Å². The summed E-state index contributed by atoms with van der Waals surface area (Å²) < 4.78 is 4.58. The normalized spacial score (nSPS) is 10.6. The summed E-state index contributed by atoms with van der Waals surface area (Å²) in [6.45, 7) is 1.67. The molecule has 0 aliphatic rings. The zero-order valence-corrected chi connectivity index (χ0v) is 11.9. The summed E-state index contributed by atoms with van der Waals surface area (Å²) in [4.78, 5) is 23.2. The first-order chi connectivity index (χ1) is 9.52. The van der Waals surface area contributed by atoms with Crippen molar-refractivity contribution in [2.75, 3.05) is 27.2 Å². The molecular weight excluding hydrogens is 260 g/mol. The Morgan fingerprint density at radius 2 is 1.95 bits per heavy atom. The molecule has 0 radical (unpaired) electrons. The van der Waals surface area contributed by atoms with Crippen LogP contribution in [0.2, 0.25) is 0 Å². The second kappa shape index (κ2) is 8.27. The van der Waals surface area contributed by atoms with Crippen LogP contribution >= 0.6 is 0 Å². The van der Waals surface area contributed by atoms with Crippen LogP contribution in [0.3, 0.4) is 0 Å². The lowest BCUT2D eigenvalue weighted by molar-refractivity contribution is -0.384. The molecule has 0 aliphatic carbocycles. The lowest BCUT2D eigenvalue weighted by atomic mass is 10.1. The van der Waals surface area contributed by atoms with Gasteiger partial charge in [0.25, 0.3) is 5.69 Å². The highest BCUT2D eigenvalue weighted by Crippen LogP contribution is 2.12. The summed E-state index contributed by atoms with van der Waals surface area (Å²) in [6.07, 6.45) is 2.02. The van der Waals surface area contributed by atoms with Crippen molar-refractivity contribution < 1.29 is 14.5 Å². The van der Waals surface area contributed by atoms with E-state index < -0.39 is 4.92 Å². The van der Waals surface area contributed by atoms with Crippen LogP contribution in [0.25, 0.3) is 0 Å². The minimum absolute atomic E-state index is 0.111. The quantitative estimate of drug-likeness (QED) is 0.414. The maximum absolute atomic E-state index is 11.0. The molecule has 0 unspecified atom stereocenters. The van der Waals surface area contributed by atoms with Crippen molar-refractivity contribution in [3.63, 3.8) is 0 Å².